The molecule has 0 saturated carbocycles. The molecule has 3 rings (SSSR count). The highest BCUT2D eigenvalue weighted by molar-refractivity contribution is 6.30. The molecule has 6 heteroatoms. The number of aromatic nitrogens is 3. The molecule has 5 nitrogen and oxygen atoms in total. The molecule has 0 fully saturated rings. The Labute approximate surface area is 137 Å². The van der Waals surface area contributed by atoms with Crippen molar-refractivity contribution in [3.05, 3.63) is 62.9 Å². The van der Waals surface area contributed by atoms with Crippen LogP contribution in [-0.2, 0) is 0 Å². The topological polar surface area (TPSA) is 78.9 Å². The molecule has 0 atom stereocenters. The van der Waals surface area contributed by atoms with Crippen molar-refractivity contribution in [1.82, 2.24) is 15.2 Å². The first-order valence-corrected chi connectivity index (χ1v) is 7.37. The molecule has 0 aliphatic carbocycles. The van der Waals surface area contributed by atoms with Gasteiger partial charge in [-0.1, -0.05) is 11.6 Å². The zero-order valence-corrected chi connectivity index (χ0v) is 13.3. The van der Waals surface area contributed by atoms with Crippen LogP contribution in [0.2, 0.25) is 5.02 Å². The summed E-state index contributed by atoms with van der Waals surface area (Å²) in [6.45, 7) is 3.55. The van der Waals surface area contributed by atoms with Gasteiger partial charge in [-0.05, 0) is 61.4 Å². The summed E-state index contributed by atoms with van der Waals surface area (Å²) >= 11 is 5.85. The lowest BCUT2D eigenvalue weighted by atomic mass is 10.0. The van der Waals surface area contributed by atoms with Gasteiger partial charge in [-0.2, -0.15) is 0 Å². The van der Waals surface area contributed by atoms with Crippen LogP contribution in [0.5, 0.6) is 5.75 Å². The SMILES string of the molecule is Cc1cc(-c2nnc(-c3ccc(Cl)cc3)[nH]c2=O)cc(C)c1O. The third kappa shape index (κ3) is 2.96. The number of halogens is 1. The van der Waals surface area contributed by atoms with Crippen LogP contribution in [0, 0.1) is 13.8 Å². The van der Waals surface area contributed by atoms with Gasteiger partial charge in [-0.3, -0.25) is 4.79 Å². The summed E-state index contributed by atoms with van der Waals surface area (Å²) < 4.78 is 0. The van der Waals surface area contributed by atoms with E-state index in [-0.39, 0.29) is 17.0 Å². The van der Waals surface area contributed by atoms with Crippen molar-refractivity contribution in [2.75, 3.05) is 0 Å². The van der Waals surface area contributed by atoms with Crippen LogP contribution < -0.4 is 5.56 Å². The second-order valence-corrected chi connectivity index (χ2v) is 5.75. The van der Waals surface area contributed by atoms with E-state index in [2.05, 4.69) is 15.2 Å². The normalized spacial score (nSPS) is 10.7. The number of hydrogen-bond donors (Lipinski definition) is 2. The molecule has 0 unspecified atom stereocenters. The standard InChI is InChI=1S/C17H14ClN3O2/c1-9-7-12(8-10(2)15(9)22)14-17(23)19-16(21-20-14)11-3-5-13(18)6-4-11/h3-8,22H,1-2H3,(H,19,21,23). The molecular formula is C17H14ClN3O2. The Morgan fingerprint density at radius 3 is 2.17 bits per heavy atom. The Morgan fingerprint density at radius 2 is 1.61 bits per heavy atom. The van der Waals surface area contributed by atoms with Crippen LogP contribution in [0.4, 0.5) is 0 Å². The van der Waals surface area contributed by atoms with Crippen LogP contribution in [0.25, 0.3) is 22.6 Å². The van der Waals surface area contributed by atoms with Gasteiger partial charge >= 0.3 is 0 Å². The van der Waals surface area contributed by atoms with E-state index in [0.29, 0.717) is 27.5 Å². The van der Waals surface area contributed by atoms with Crippen molar-refractivity contribution in [3.8, 4) is 28.4 Å². The van der Waals surface area contributed by atoms with E-state index < -0.39 is 0 Å². The minimum atomic E-state index is -0.338. The van der Waals surface area contributed by atoms with Gasteiger partial charge in [0.2, 0.25) is 0 Å². The van der Waals surface area contributed by atoms with E-state index in [1.807, 2.05) is 0 Å². The number of rotatable bonds is 2. The Balaban J connectivity index is 2.06. The lowest BCUT2D eigenvalue weighted by Gasteiger charge is -2.07. The number of nitrogens with zero attached hydrogens (tertiary/aromatic N) is 2. The van der Waals surface area contributed by atoms with Crippen LogP contribution >= 0.6 is 11.6 Å². The number of aromatic amines is 1. The van der Waals surface area contributed by atoms with Gasteiger partial charge in [-0.15, -0.1) is 10.2 Å². The van der Waals surface area contributed by atoms with Gasteiger partial charge in [0.1, 0.15) is 5.75 Å². The molecule has 0 bridgehead atoms. The summed E-state index contributed by atoms with van der Waals surface area (Å²) in [5.74, 6) is 0.596. The highest BCUT2D eigenvalue weighted by Gasteiger charge is 2.12. The molecule has 1 heterocycles. The van der Waals surface area contributed by atoms with E-state index in [1.165, 1.54) is 0 Å². The summed E-state index contributed by atoms with van der Waals surface area (Å²) in [5, 5.41) is 18.6. The second kappa shape index (κ2) is 5.85. The van der Waals surface area contributed by atoms with E-state index in [9.17, 15) is 9.90 Å². The van der Waals surface area contributed by atoms with Gasteiger partial charge in [-0.25, -0.2) is 0 Å². The number of phenols is 1. The summed E-state index contributed by atoms with van der Waals surface area (Å²) in [7, 11) is 0. The Hall–Kier alpha value is -2.66. The molecule has 0 amide bonds. The molecule has 0 saturated heterocycles. The fraction of sp³-hybridized carbons (Fsp3) is 0.118. The van der Waals surface area contributed by atoms with E-state index in [0.717, 1.165) is 5.56 Å². The predicted octanol–water partition coefficient (Wildman–Crippen LogP) is 3.47. The minimum Gasteiger partial charge on any atom is -0.507 e. The highest BCUT2D eigenvalue weighted by Crippen LogP contribution is 2.27. The molecule has 1 aromatic heterocycles. The monoisotopic (exact) mass is 327 g/mol. The fourth-order valence-electron chi connectivity index (χ4n) is 2.36. The maximum Gasteiger partial charge on any atom is 0.278 e. The Kier molecular flexibility index (Phi) is 3.88. The molecule has 0 aliphatic heterocycles. The van der Waals surface area contributed by atoms with Crippen LogP contribution in [0.15, 0.2) is 41.2 Å². The first kappa shape index (κ1) is 15.2. The quantitative estimate of drug-likeness (QED) is 0.755. The van der Waals surface area contributed by atoms with Gasteiger partial charge in [0.05, 0.1) is 0 Å². The fourth-order valence-corrected chi connectivity index (χ4v) is 2.48. The van der Waals surface area contributed by atoms with Crippen molar-refractivity contribution in [2.45, 2.75) is 13.8 Å². The van der Waals surface area contributed by atoms with E-state index in [1.54, 1.807) is 50.2 Å². The first-order chi connectivity index (χ1) is 11.0. The molecule has 2 aromatic carbocycles. The maximum absolute atomic E-state index is 12.3. The molecule has 3 aromatic rings. The van der Waals surface area contributed by atoms with Crippen LogP contribution in [0.1, 0.15) is 11.1 Å². The van der Waals surface area contributed by atoms with Gasteiger partial charge in [0.25, 0.3) is 5.56 Å². The lowest BCUT2D eigenvalue weighted by molar-refractivity contribution is 0.467. The molecule has 2 N–H and O–H groups in total. The summed E-state index contributed by atoms with van der Waals surface area (Å²) in [5.41, 5.74) is 2.59. The largest absolute Gasteiger partial charge is 0.507 e. The average Bonchev–Trinajstić information content (AvgIpc) is 2.53. The summed E-state index contributed by atoms with van der Waals surface area (Å²) in [6, 6.07) is 10.4. The zero-order chi connectivity index (χ0) is 16.6. The number of benzene rings is 2. The van der Waals surface area contributed by atoms with Gasteiger partial charge in [0, 0.05) is 16.1 Å². The van der Waals surface area contributed by atoms with Crippen molar-refractivity contribution < 1.29 is 5.11 Å². The van der Waals surface area contributed by atoms with Crippen molar-refractivity contribution in [2.24, 2.45) is 0 Å². The highest BCUT2D eigenvalue weighted by atomic mass is 35.5. The second-order valence-electron chi connectivity index (χ2n) is 5.32. The van der Waals surface area contributed by atoms with E-state index in [4.69, 9.17) is 11.6 Å². The third-order valence-electron chi connectivity index (χ3n) is 3.58. The number of H-pyrrole nitrogens is 1. The number of nitrogens with one attached hydrogen (secondary N) is 1. The number of aromatic hydroxyl groups is 1. The maximum atomic E-state index is 12.3. The number of hydrogen-bond acceptors (Lipinski definition) is 4. The predicted molar refractivity (Wildman–Crippen MR) is 89.7 cm³/mol. The summed E-state index contributed by atoms with van der Waals surface area (Å²) in [6.07, 6.45) is 0. The van der Waals surface area contributed by atoms with Crippen LogP contribution in [-0.4, -0.2) is 20.3 Å². The Morgan fingerprint density at radius 1 is 1.00 bits per heavy atom. The van der Waals surface area contributed by atoms with Crippen molar-refractivity contribution in [1.29, 1.82) is 0 Å². The molecule has 0 radical (unpaired) electrons. The molecule has 116 valence electrons. The summed E-state index contributed by atoms with van der Waals surface area (Å²) in [4.78, 5) is 15.1. The van der Waals surface area contributed by atoms with Gasteiger partial charge < -0.3 is 10.1 Å². The van der Waals surface area contributed by atoms with Crippen molar-refractivity contribution >= 4 is 11.6 Å². The molecular weight excluding hydrogens is 314 g/mol. The molecule has 23 heavy (non-hydrogen) atoms. The minimum absolute atomic E-state index is 0.217. The van der Waals surface area contributed by atoms with Gasteiger partial charge in [0.15, 0.2) is 11.5 Å². The molecule has 0 aliphatic rings. The first-order valence-electron chi connectivity index (χ1n) is 6.99. The smallest absolute Gasteiger partial charge is 0.278 e. The van der Waals surface area contributed by atoms with E-state index >= 15 is 0 Å². The zero-order valence-electron chi connectivity index (χ0n) is 12.6. The molecule has 0 spiro atoms. The third-order valence-corrected chi connectivity index (χ3v) is 3.83. The number of phenolic OH excluding ortho intramolecular Hbond substituents is 1. The lowest BCUT2D eigenvalue weighted by Crippen LogP contribution is -2.14. The number of aryl methyl sites for hydroxylation is 2. The average molecular weight is 328 g/mol. The Bertz CT molecular complexity index is 910. The van der Waals surface area contributed by atoms with Crippen molar-refractivity contribution in [3.63, 3.8) is 0 Å². The van der Waals surface area contributed by atoms with Crippen LogP contribution in [0.3, 0.4) is 0 Å².